The first kappa shape index (κ1) is 25.0. The van der Waals surface area contributed by atoms with Gasteiger partial charge in [0.1, 0.15) is 0 Å². The first-order valence-electron chi connectivity index (χ1n) is 13.0. The van der Waals surface area contributed by atoms with Gasteiger partial charge >= 0.3 is 0 Å². The minimum atomic E-state index is -0.159. The van der Waals surface area contributed by atoms with E-state index in [1.165, 1.54) is 0 Å². The third-order valence-corrected chi connectivity index (χ3v) is 7.32. The van der Waals surface area contributed by atoms with Crippen LogP contribution in [-0.4, -0.2) is 71.2 Å². The molecule has 2 aliphatic rings. The van der Waals surface area contributed by atoms with E-state index in [1.807, 2.05) is 71.3 Å². The monoisotopic (exact) mass is 475 g/mol. The number of hydrogen-bond acceptors (Lipinski definition) is 3. The molecule has 2 saturated heterocycles. The zero-order valence-electron chi connectivity index (χ0n) is 21.0. The van der Waals surface area contributed by atoms with Crippen molar-refractivity contribution < 1.29 is 14.4 Å². The summed E-state index contributed by atoms with van der Waals surface area (Å²) in [5.74, 6) is 0.0852. The molecule has 0 bridgehead atoms. The highest BCUT2D eigenvalue weighted by Gasteiger charge is 2.35. The number of benzene rings is 2. The van der Waals surface area contributed by atoms with E-state index in [0.717, 1.165) is 44.2 Å². The van der Waals surface area contributed by atoms with Crippen molar-refractivity contribution in [2.75, 3.05) is 32.7 Å². The highest BCUT2D eigenvalue weighted by Crippen LogP contribution is 2.25. The molecule has 0 radical (unpaired) electrons. The first-order valence-corrected chi connectivity index (χ1v) is 13.0. The average molecular weight is 476 g/mol. The van der Waals surface area contributed by atoms with Crippen molar-refractivity contribution in [3.05, 3.63) is 71.3 Å². The zero-order valence-corrected chi connectivity index (χ0v) is 21.0. The molecule has 2 fully saturated rings. The van der Waals surface area contributed by atoms with Crippen molar-refractivity contribution in [2.45, 2.75) is 52.0 Å². The van der Waals surface area contributed by atoms with E-state index in [0.29, 0.717) is 37.3 Å². The van der Waals surface area contributed by atoms with Gasteiger partial charge in [-0.1, -0.05) is 42.8 Å². The predicted octanol–water partition coefficient (Wildman–Crippen LogP) is 4.39. The summed E-state index contributed by atoms with van der Waals surface area (Å²) in [7, 11) is 0. The Bertz CT molecular complexity index is 1010. The molecule has 3 amide bonds. The molecule has 2 aromatic carbocycles. The SMILES string of the molecule is CCCN(C(=O)C1CCCN(C(=O)c2ccc(C)cc2)C1)C1CCN(C(=O)c2ccccc2)CC1. The summed E-state index contributed by atoms with van der Waals surface area (Å²) in [6.45, 7) is 7.33. The molecule has 2 aliphatic heterocycles. The molecule has 4 rings (SSSR count). The van der Waals surface area contributed by atoms with Gasteiger partial charge in [-0.3, -0.25) is 14.4 Å². The minimum absolute atomic E-state index is 0.0114. The molecule has 0 saturated carbocycles. The largest absolute Gasteiger partial charge is 0.339 e. The Morgan fingerprint density at radius 1 is 0.829 bits per heavy atom. The molecule has 0 aliphatic carbocycles. The summed E-state index contributed by atoms with van der Waals surface area (Å²) < 4.78 is 0. The lowest BCUT2D eigenvalue weighted by Gasteiger charge is -2.41. The second-order valence-corrected chi connectivity index (χ2v) is 9.88. The van der Waals surface area contributed by atoms with Crippen LogP contribution in [0.25, 0.3) is 0 Å². The van der Waals surface area contributed by atoms with Crippen LogP contribution >= 0.6 is 0 Å². The van der Waals surface area contributed by atoms with Crippen LogP contribution in [-0.2, 0) is 4.79 Å². The average Bonchev–Trinajstić information content (AvgIpc) is 2.91. The van der Waals surface area contributed by atoms with Crippen LogP contribution < -0.4 is 0 Å². The van der Waals surface area contributed by atoms with Gasteiger partial charge in [-0.15, -0.1) is 0 Å². The van der Waals surface area contributed by atoms with Gasteiger partial charge in [-0.2, -0.15) is 0 Å². The van der Waals surface area contributed by atoms with E-state index in [1.54, 1.807) is 0 Å². The molecular weight excluding hydrogens is 438 g/mol. The predicted molar refractivity (Wildman–Crippen MR) is 137 cm³/mol. The second kappa shape index (κ2) is 11.5. The smallest absolute Gasteiger partial charge is 0.253 e. The molecule has 35 heavy (non-hydrogen) atoms. The molecule has 2 heterocycles. The summed E-state index contributed by atoms with van der Waals surface area (Å²) >= 11 is 0. The molecular formula is C29H37N3O3. The molecule has 186 valence electrons. The number of carbonyl (C=O) groups is 3. The molecule has 0 aromatic heterocycles. The van der Waals surface area contributed by atoms with Gasteiger partial charge in [-0.25, -0.2) is 0 Å². The fourth-order valence-corrected chi connectivity index (χ4v) is 5.33. The highest BCUT2D eigenvalue weighted by molar-refractivity contribution is 5.95. The summed E-state index contributed by atoms with van der Waals surface area (Å²) in [5, 5.41) is 0. The first-order chi connectivity index (χ1) is 17.0. The van der Waals surface area contributed by atoms with Crippen LogP contribution in [0.2, 0.25) is 0 Å². The number of nitrogens with zero attached hydrogens (tertiary/aromatic N) is 3. The van der Waals surface area contributed by atoms with E-state index < -0.39 is 0 Å². The summed E-state index contributed by atoms with van der Waals surface area (Å²) in [4.78, 5) is 45.4. The Labute approximate surface area is 208 Å². The Morgan fingerprint density at radius 2 is 1.46 bits per heavy atom. The second-order valence-electron chi connectivity index (χ2n) is 9.88. The lowest BCUT2D eigenvalue weighted by atomic mass is 9.93. The Kier molecular flexibility index (Phi) is 8.21. The molecule has 1 atom stereocenters. The maximum absolute atomic E-state index is 13.7. The highest BCUT2D eigenvalue weighted by atomic mass is 16.2. The van der Waals surface area contributed by atoms with Gasteiger partial charge in [0.2, 0.25) is 5.91 Å². The van der Waals surface area contributed by atoms with E-state index in [-0.39, 0.29) is 29.7 Å². The Morgan fingerprint density at radius 3 is 2.11 bits per heavy atom. The molecule has 0 spiro atoms. The van der Waals surface area contributed by atoms with E-state index in [2.05, 4.69) is 11.8 Å². The van der Waals surface area contributed by atoms with Gasteiger partial charge in [0.25, 0.3) is 11.8 Å². The third kappa shape index (κ3) is 5.92. The Hall–Kier alpha value is -3.15. The number of rotatable bonds is 6. The number of hydrogen-bond donors (Lipinski definition) is 0. The van der Waals surface area contributed by atoms with Gasteiger partial charge in [-0.05, 0) is 63.3 Å². The number of likely N-dealkylation sites (tertiary alicyclic amines) is 2. The molecule has 0 N–H and O–H groups in total. The van der Waals surface area contributed by atoms with Crippen molar-refractivity contribution in [2.24, 2.45) is 5.92 Å². The van der Waals surface area contributed by atoms with Crippen molar-refractivity contribution in [1.29, 1.82) is 0 Å². The van der Waals surface area contributed by atoms with Crippen LogP contribution in [0.1, 0.15) is 65.3 Å². The fourth-order valence-electron chi connectivity index (χ4n) is 5.33. The van der Waals surface area contributed by atoms with Gasteiger partial charge in [0, 0.05) is 49.9 Å². The quantitative estimate of drug-likeness (QED) is 0.623. The maximum atomic E-state index is 13.7. The molecule has 6 nitrogen and oxygen atoms in total. The van der Waals surface area contributed by atoms with Crippen LogP contribution in [0.3, 0.4) is 0 Å². The van der Waals surface area contributed by atoms with Crippen LogP contribution in [0.4, 0.5) is 0 Å². The van der Waals surface area contributed by atoms with Crippen molar-refractivity contribution >= 4 is 17.7 Å². The minimum Gasteiger partial charge on any atom is -0.339 e. The van der Waals surface area contributed by atoms with Crippen molar-refractivity contribution in [3.8, 4) is 0 Å². The number of piperidine rings is 2. The molecule has 1 unspecified atom stereocenters. The van der Waals surface area contributed by atoms with Crippen LogP contribution in [0.15, 0.2) is 54.6 Å². The van der Waals surface area contributed by atoms with Crippen molar-refractivity contribution in [3.63, 3.8) is 0 Å². The summed E-state index contributed by atoms with van der Waals surface area (Å²) in [6.07, 6.45) is 4.15. The summed E-state index contributed by atoms with van der Waals surface area (Å²) in [6, 6.07) is 17.2. The van der Waals surface area contributed by atoms with Gasteiger partial charge in [0.05, 0.1) is 5.92 Å². The van der Waals surface area contributed by atoms with Crippen LogP contribution in [0, 0.1) is 12.8 Å². The third-order valence-electron chi connectivity index (χ3n) is 7.32. The molecule has 2 aromatic rings. The Balaban J connectivity index is 1.38. The lowest BCUT2D eigenvalue weighted by Crippen LogP contribution is -2.53. The standard InChI is InChI=1S/C29H37N3O3/c1-3-17-32(26-15-19-30(20-16-26)27(33)23-8-5-4-6-9-23)29(35)25-10-7-18-31(21-25)28(34)24-13-11-22(2)12-14-24/h4-6,8-9,11-14,25-26H,3,7,10,15-21H2,1-2H3. The lowest BCUT2D eigenvalue weighted by molar-refractivity contribution is -0.140. The van der Waals surface area contributed by atoms with E-state index in [9.17, 15) is 14.4 Å². The maximum Gasteiger partial charge on any atom is 0.253 e. The molecule has 6 heteroatoms. The van der Waals surface area contributed by atoms with Gasteiger partial charge < -0.3 is 14.7 Å². The summed E-state index contributed by atoms with van der Waals surface area (Å²) in [5.41, 5.74) is 2.53. The normalized spacial score (nSPS) is 18.9. The van der Waals surface area contributed by atoms with E-state index in [4.69, 9.17) is 0 Å². The van der Waals surface area contributed by atoms with Crippen LogP contribution in [0.5, 0.6) is 0 Å². The van der Waals surface area contributed by atoms with Crippen molar-refractivity contribution in [1.82, 2.24) is 14.7 Å². The topological polar surface area (TPSA) is 60.9 Å². The van der Waals surface area contributed by atoms with E-state index >= 15 is 0 Å². The number of amides is 3. The zero-order chi connectivity index (χ0) is 24.8. The number of carbonyl (C=O) groups excluding carboxylic acids is 3. The van der Waals surface area contributed by atoms with Gasteiger partial charge in [0.15, 0.2) is 0 Å². The number of aryl methyl sites for hydroxylation is 1. The fraction of sp³-hybridized carbons (Fsp3) is 0.483.